The number of amides is 2. The predicted octanol–water partition coefficient (Wildman–Crippen LogP) is 1.59. The van der Waals surface area contributed by atoms with Gasteiger partial charge in [0, 0.05) is 38.1 Å². The standard InChI is InChI=1S/C21H25FN4O4S/c22-17-4-6-19(7-5-17)31(29,30)26-14-2-1-3-18(26)10-13-24-20(27)21(28)25-15-16-8-11-23-12-9-16/h4-9,11-12,18H,1-3,10,13-15H2,(H,24,27)(H,25,28)/t18-/m1/s1. The van der Waals surface area contributed by atoms with E-state index in [-0.39, 0.29) is 24.0 Å². The molecule has 2 amide bonds. The Balaban J connectivity index is 1.52. The Morgan fingerprint density at radius 3 is 2.42 bits per heavy atom. The Morgan fingerprint density at radius 2 is 1.71 bits per heavy atom. The molecule has 10 heteroatoms. The first kappa shape index (κ1) is 22.8. The van der Waals surface area contributed by atoms with Gasteiger partial charge >= 0.3 is 11.8 Å². The number of aromatic nitrogens is 1. The molecule has 2 aromatic rings. The third kappa shape index (κ3) is 6.08. The lowest BCUT2D eigenvalue weighted by Crippen LogP contribution is -2.46. The number of nitrogens with one attached hydrogen (secondary N) is 2. The van der Waals surface area contributed by atoms with Gasteiger partial charge in [0.05, 0.1) is 4.90 Å². The number of nitrogens with zero attached hydrogens (tertiary/aromatic N) is 2. The lowest BCUT2D eigenvalue weighted by Gasteiger charge is -2.34. The highest BCUT2D eigenvalue weighted by atomic mass is 32.2. The van der Waals surface area contributed by atoms with Gasteiger partial charge in [0.2, 0.25) is 10.0 Å². The number of carbonyl (C=O) groups is 2. The Kier molecular flexibility index (Phi) is 7.69. The fourth-order valence-electron chi connectivity index (χ4n) is 3.52. The molecular formula is C21H25FN4O4S. The zero-order valence-corrected chi connectivity index (χ0v) is 17.8. The molecule has 1 aromatic heterocycles. The average molecular weight is 449 g/mol. The lowest BCUT2D eigenvalue weighted by molar-refractivity contribution is -0.139. The monoisotopic (exact) mass is 448 g/mol. The van der Waals surface area contributed by atoms with Crippen LogP contribution in [0.1, 0.15) is 31.2 Å². The largest absolute Gasteiger partial charge is 0.348 e. The minimum atomic E-state index is -3.76. The smallest absolute Gasteiger partial charge is 0.309 e. The van der Waals surface area contributed by atoms with Crippen LogP contribution in [0, 0.1) is 5.82 Å². The van der Waals surface area contributed by atoms with Crippen LogP contribution in [0.3, 0.4) is 0 Å². The van der Waals surface area contributed by atoms with Crippen LogP contribution in [0.25, 0.3) is 0 Å². The minimum absolute atomic E-state index is 0.0420. The van der Waals surface area contributed by atoms with Crippen LogP contribution in [-0.2, 0) is 26.2 Å². The molecule has 0 unspecified atom stereocenters. The van der Waals surface area contributed by atoms with E-state index < -0.39 is 27.7 Å². The van der Waals surface area contributed by atoms with Gasteiger partial charge in [-0.2, -0.15) is 4.31 Å². The number of hydrogen-bond donors (Lipinski definition) is 2. The van der Waals surface area contributed by atoms with Gasteiger partial charge in [0.25, 0.3) is 0 Å². The Hall–Kier alpha value is -2.85. The molecule has 0 spiro atoms. The molecule has 166 valence electrons. The van der Waals surface area contributed by atoms with Crippen LogP contribution in [0.15, 0.2) is 53.7 Å². The maximum atomic E-state index is 13.2. The molecule has 1 aromatic carbocycles. The number of pyridine rings is 1. The SMILES string of the molecule is O=C(NCC[C@H]1CCCCN1S(=O)(=O)c1ccc(F)cc1)C(=O)NCc1ccncc1. The fourth-order valence-corrected chi connectivity index (χ4v) is 5.24. The summed E-state index contributed by atoms with van der Waals surface area (Å²) in [5.41, 5.74) is 0.819. The molecule has 31 heavy (non-hydrogen) atoms. The van der Waals surface area contributed by atoms with Crippen LogP contribution in [0.4, 0.5) is 4.39 Å². The van der Waals surface area contributed by atoms with Crippen molar-refractivity contribution >= 4 is 21.8 Å². The Bertz CT molecular complexity index is 1000. The molecule has 0 radical (unpaired) electrons. The highest BCUT2D eigenvalue weighted by Crippen LogP contribution is 2.27. The summed E-state index contributed by atoms with van der Waals surface area (Å²) in [6.07, 6.45) is 5.84. The average Bonchev–Trinajstić information content (AvgIpc) is 2.78. The van der Waals surface area contributed by atoms with E-state index in [0.29, 0.717) is 19.4 Å². The van der Waals surface area contributed by atoms with E-state index >= 15 is 0 Å². The van der Waals surface area contributed by atoms with Crippen molar-refractivity contribution in [3.63, 3.8) is 0 Å². The van der Waals surface area contributed by atoms with Gasteiger partial charge in [0.15, 0.2) is 0 Å². The molecular weight excluding hydrogens is 423 g/mol. The zero-order chi connectivity index (χ0) is 22.3. The summed E-state index contributed by atoms with van der Waals surface area (Å²) in [7, 11) is -3.76. The van der Waals surface area contributed by atoms with Crippen LogP contribution >= 0.6 is 0 Å². The van der Waals surface area contributed by atoms with Crippen molar-refractivity contribution < 1.29 is 22.4 Å². The van der Waals surface area contributed by atoms with E-state index in [9.17, 15) is 22.4 Å². The third-order valence-electron chi connectivity index (χ3n) is 5.17. The summed E-state index contributed by atoms with van der Waals surface area (Å²) >= 11 is 0. The van der Waals surface area contributed by atoms with Crippen LogP contribution in [0.5, 0.6) is 0 Å². The molecule has 1 atom stereocenters. The van der Waals surface area contributed by atoms with Gasteiger partial charge in [-0.15, -0.1) is 0 Å². The van der Waals surface area contributed by atoms with Crippen molar-refractivity contribution in [2.45, 2.75) is 43.2 Å². The van der Waals surface area contributed by atoms with E-state index in [4.69, 9.17) is 0 Å². The molecule has 1 aliphatic heterocycles. The second-order valence-corrected chi connectivity index (χ2v) is 9.19. The number of halogens is 1. The van der Waals surface area contributed by atoms with E-state index in [1.807, 2.05) is 0 Å². The van der Waals surface area contributed by atoms with Gasteiger partial charge in [-0.25, -0.2) is 12.8 Å². The maximum Gasteiger partial charge on any atom is 0.309 e. The van der Waals surface area contributed by atoms with E-state index in [1.54, 1.807) is 24.5 Å². The van der Waals surface area contributed by atoms with E-state index in [2.05, 4.69) is 15.6 Å². The fraction of sp³-hybridized carbons (Fsp3) is 0.381. The Morgan fingerprint density at radius 1 is 1.03 bits per heavy atom. The predicted molar refractivity (Wildman–Crippen MR) is 112 cm³/mol. The number of piperidine rings is 1. The zero-order valence-electron chi connectivity index (χ0n) is 17.0. The van der Waals surface area contributed by atoms with Gasteiger partial charge in [-0.05, 0) is 61.2 Å². The molecule has 1 aliphatic rings. The van der Waals surface area contributed by atoms with Crippen LogP contribution < -0.4 is 10.6 Å². The van der Waals surface area contributed by atoms with Gasteiger partial charge in [0.1, 0.15) is 5.82 Å². The van der Waals surface area contributed by atoms with Crippen LogP contribution in [-0.4, -0.2) is 48.7 Å². The molecule has 1 fully saturated rings. The molecule has 0 saturated carbocycles. The van der Waals surface area contributed by atoms with E-state index in [1.165, 1.54) is 16.4 Å². The van der Waals surface area contributed by atoms with Gasteiger partial charge < -0.3 is 10.6 Å². The number of rotatable bonds is 7. The van der Waals surface area contributed by atoms with Crippen molar-refractivity contribution in [3.8, 4) is 0 Å². The maximum absolute atomic E-state index is 13.2. The molecule has 3 rings (SSSR count). The normalized spacial score (nSPS) is 17.1. The number of carbonyl (C=O) groups excluding carboxylic acids is 2. The number of benzene rings is 1. The topological polar surface area (TPSA) is 108 Å². The molecule has 0 aliphatic carbocycles. The van der Waals surface area contributed by atoms with Crippen molar-refractivity contribution in [3.05, 3.63) is 60.2 Å². The summed E-state index contributed by atoms with van der Waals surface area (Å²) < 4.78 is 40.5. The summed E-state index contributed by atoms with van der Waals surface area (Å²) in [6.45, 7) is 0.743. The quantitative estimate of drug-likeness (QED) is 0.626. The second-order valence-electron chi connectivity index (χ2n) is 7.30. The first-order chi connectivity index (χ1) is 14.9. The van der Waals surface area contributed by atoms with Crippen molar-refractivity contribution in [2.75, 3.05) is 13.1 Å². The highest BCUT2D eigenvalue weighted by Gasteiger charge is 2.33. The van der Waals surface area contributed by atoms with E-state index in [0.717, 1.165) is 30.5 Å². The van der Waals surface area contributed by atoms with Crippen molar-refractivity contribution in [2.24, 2.45) is 0 Å². The second kappa shape index (κ2) is 10.5. The first-order valence-corrected chi connectivity index (χ1v) is 11.5. The molecule has 8 nitrogen and oxygen atoms in total. The number of sulfonamides is 1. The van der Waals surface area contributed by atoms with Crippen molar-refractivity contribution in [1.29, 1.82) is 0 Å². The molecule has 0 bridgehead atoms. The number of hydrogen-bond acceptors (Lipinski definition) is 5. The van der Waals surface area contributed by atoms with Gasteiger partial charge in [-0.3, -0.25) is 14.6 Å². The summed E-state index contributed by atoms with van der Waals surface area (Å²) in [4.78, 5) is 27.9. The molecule has 1 saturated heterocycles. The molecule has 2 heterocycles. The lowest BCUT2D eigenvalue weighted by atomic mass is 10.0. The minimum Gasteiger partial charge on any atom is -0.348 e. The first-order valence-electron chi connectivity index (χ1n) is 10.1. The molecule has 2 N–H and O–H groups in total. The third-order valence-corrected chi connectivity index (χ3v) is 7.13. The summed E-state index contributed by atoms with van der Waals surface area (Å²) in [5.74, 6) is -2.02. The van der Waals surface area contributed by atoms with Crippen LogP contribution in [0.2, 0.25) is 0 Å². The highest BCUT2D eigenvalue weighted by molar-refractivity contribution is 7.89. The van der Waals surface area contributed by atoms with Crippen molar-refractivity contribution in [1.82, 2.24) is 19.9 Å². The van der Waals surface area contributed by atoms with Gasteiger partial charge in [-0.1, -0.05) is 6.42 Å². The summed E-state index contributed by atoms with van der Waals surface area (Å²) in [5, 5.41) is 5.08. The summed E-state index contributed by atoms with van der Waals surface area (Å²) in [6, 6.07) is 7.92. The Labute approximate surface area is 180 Å².